The Kier molecular flexibility index (Phi) is 6.90. The number of rotatable bonds is 9. The van der Waals surface area contributed by atoms with E-state index >= 15 is 0 Å². The van der Waals surface area contributed by atoms with Gasteiger partial charge < -0.3 is 30.6 Å². The highest BCUT2D eigenvalue weighted by molar-refractivity contribution is 5.29. The second-order valence-corrected chi connectivity index (χ2v) is 5.46. The Balaban J connectivity index is 1.93. The van der Waals surface area contributed by atoms with Gasteiger partial charge in [-0.3, -0.25) is 0 Å². The molecular weight excluding hydrogens is 305 g/mol. The van der Waals surface area contributed by atoms with Crippen molar-refractivity contribution in [2.45, 2.75) is 31.7 Å². The van der Waals surface area contributed by atoms with Gasteiger partial charge in [0.2, 0.25) is 17.8 Å². The molecule has 0 bridgehead atoms. The molecule has 2 heterocycles. The molecule has 1 unspecified atom stereocenters. The van der Waals surface area contributed by atoms with Crippen molar-refractivity contribution in [3.8, 4) is 5.88 Å². The van der Waals surface area contributed by atoms with Crippen molar-refractivity contribution in [1.29, 1.82) is 0 Å². The first-order valence-corrected chi connectivity index (χ1v) is 7.61. The van der Waals surface area contributed by atoms with Gasteiger partial charge in [0.15, 0.2) is 0 Å². The molecule has 1 aliphatic rings. The predicted octanol–water partition coefficient (Wildman–Crippen LogP) is 0.105. The second-order valence-electron chi connectivity index (χ2n) is 5.46. The quantitative estimate of drug-likeness (QED) is 0.433. The lowest BCUT2D eigenvalue weighted by Crippen LogP contribution is -2.39. The highest BCUT2D eigenvalue weighted by Crippen LogP contribution is 2.17. The maximum absolute atomic E-state index is 13.6. The van der Waals surface area contributed by atoms with Crippen molar-refractivity contribution in [3.05, 3.63) is 12.0 Å². The third-order valence-corrected chi connectivity index (χ3v) is 3.22. The first-order valence-electron chi connectivity index (χ1n) is 7.61. The number of ether oxygens (including phenoxy) is 3. The fourth-order valence-electron chi connectivity index (χ4n) is 2.08. The van der Waals surface area contributed by atoms with Crippen LogP contribution in [0, 0.1) is 5.95 Å². The van der Waals surface area contributed by atoms with E-state index in [2.05, 4.69) is 20.6 Å². The van der Waals surface area contributed by atoms with Gasteiger partial charge in [0, 0.05) is 32.7 Å². The standard InChI is InChI=1S/C14H24FN5O3/c1-9(16)6-17-7-13(21-2)20-14-18-11(15)5-12(19-14)23-10-3-4-22-8-10/h5,9-10,13,17H,3-4,6-8,16H2,1-2H3,(H,18,19,20)/t9-,10-,13?/m1/s1. The molecule has 8 nitrogen and oxygen atoms in total. The molecule has 130 valence electrons. The molecule has 3 atom stereocenters. The summed E-state index contributed by atoms with van der Waals surface area (Å²) in [6.45, 7) is 4.14. The summed E-state index contributed by atoms with van der Waals surface area (Å²) in [4.78, 5) is 7.86. The molecule has 1 aromatic rings. The largest absolute Gasteiger partial charge is 0.472 e. The van der Waals surface area contributed by atoms with E-state index < -0.39 is 12.2 Å². The van der Waals surface area contributed by atoms with Gasteiger partial charge in [-0.15, -0.1) is 0 Å². The monoisotopic (exact) mass is 329 g/mol. The van der Waals surface area contributed by atoms with E-state index in [1.54, 1.807) is 0 Å². The summed E-state index contributed by atoms with van der Waals surface area (Å²) in [5.41, 5.74) is 5.67. The molecule has 0 saturated carbocycles. The molecular formula is C14H24FN5O3. The van der Waals surface area contributed by atoms with Gasteiger partial charge in [0.25, 0.3) is 0 Å². The highest BCUT2D eigenvalue weighted by Gasteiger charge is 2.19. The number of nitrogens with zero attached hydrogens (tertiary/aromatic N) is 2. The molecule has 4 N–H and O–H groups in total. The first-order chi connectivity index (χ1) is 11.1. The summed E-state index contributed by atoms with van der Waals surface area (Å²) in [5.74, 6) is -0.392. The van der Waals surface area contributed by atoms with Gasteiger partial charge in [-0.2, -0.15) is 14.4 Å². The van der Waals surface area contributed by atoms with E-state index in [-0.39, 0.29) is 24.0 Å². The van der Waals surface area contributed by atoms with Crippen molar-refractivity contribution in [2.75, 3.05) is 38.7 Å². The van der Waals surface area contributed by atoms with E-state index in [1.807, 2.05) is 6.92 Å². The summed E-state index contributed by atoms with van der Waals surface area (Å²) in [6, 6.07) is 1.19. The van der Waals surface area contributed by atoms with Crippen molar-refractivity contribution in [2.24, 2.45) is 5.73 Å². The number of anilines is 1. The van der Waals surface area contributed by atoms with Crippen molar-refractivity contribution in [1.82, 2.24) is 15.3 Å². The summed E-state index contributed by atoms with van der Waals surface area (Å²) >= 11 is 0. The van der Waals surface area contributed by atoms with Crippen LogP contribution < -0.4 is 21.1 Å². The molecule has 2 rings (SSSR count). The molecule has 1 fully saturated rings. The van der Waals surface area contributed by atoms with Crippen LogP contribution in [0.25, 0.3) is 0 Å². The van der Waals surface area contributed by atoms with Crippen molar-refractivity contribution in [3.63, 3.8) is 0 Å². The maximum Gasteiger partial charge on any atom is 0.230 e. The Labute approximate surface area is 134 Å². The zero-order valence-electron chi connectivity index (χ0n) is 13.4. The van der Waals surface area contributed by atoms with Crippen LogP contribution >= 0.6 is 0 Å². The predicted molar refractivity (Wildman–Crippen MR) is 82.8 cm³/mol. The fourth-order valence-corrected chi connectivity index (χ4v) is 2.08. The van der Waals surface area contributed by atoms with E-state index in [1.165, 1.54) is 7.11 Å². The lowest BCUT2D eigenvalue weighted by molar-refractivity contribution is 0.122. The average molecular weight is 329 g/mol. The Morgan fingerprint density at radius 1 is 1.48 bits per heavy atom. The van der Waals surface area contributed by atoms with Crippen LogP contribution in [0.5, 0.6) is 5.88 Å². The average Bonchev–Trinajstić information content (AvgIpc) is 2.98. The van der Waals surface area contributed by atoms with Crippen LogP contribution in [0.2, 0.25) is 0 Å². The maximum atomic E-state index is 13.6. The van der Waals surface area contributed by atoms with Crippen molar-refractivity contribution >= 4 is 5.95 Å². The molecule has 1 aromatic heterocycles. The zero-order valence-corrected chi connectivity index (χ0v) is 13.4. The molecule has 1 aliphatic heterocycles. The minimum atomic E-state index is -0.671. The number of hydrogen-bond acceptors (Lipinski definition) is 8. The number of halogens is 1. The molecule has 0 amide bonds. The smallest absolute Gasteiger partial charge is 0.230 e. The number of nitrogens with one attached hydrogen (secondary N) is 2. The lowest BCUT2D eigenvalue weighted by atomic mass is 10.3. The summed E-state index contributed by atoms with van der Waals surface area (Å²) in [7, 11) is 1.54. The van der Waals surface area contributed by atoms with Gasteiger partial charge in [-0.05, 0) is 6.92 Å². The molecule has 1 saturated heterocycles. The molecule has 0 aromatic carbocycles. The first kappa shape index (κ1) is 17.8. The van der Waals surface area contributed by atoms with E-state index in [0.29, 0.717) is 26.3 Å². The number of hydrogen-bond donors (Lipinski definition) is 3. The van der Waals surface area contributed by atoms with E-state index in [0.717, 1.165) is 12.5 Å². The molecule has 23 heavy (non-hydrogen) atoms. The van der Waals surface area contributed by atoms with Gasteiger partial charge >= 0.3 is 0 Å². The van der Waals surface area contributed by atoms with E-state index in [9.17, 15) is 4.39 Å². The van der Waals surface area contributed by atoms with E-state index in [4.69, 9.17) is 19.9 Å². The SMILES string of the molecule is COC(CNC[C@@H](C)N)Nc1nc(F)cc(O[C@@H]2CCOC2)n1. The second kappa shape index (κ2) is 8.92. The Hall–Kier alpha value is -1.55. The van der Waals surface area contributed by atoms with Gasteiger partial charge in [0.1, 0.15) is 12.3 Å². The minimum absolute atomic E-state index is 0.0339. The molecule has 0 spiro atoms. The van der Waals surface area contributed by atoms with Crippen LogP contribution in [0.15, 0.2) is 6.07 Å². The van der Waals surface area contributed by atoms with Crippen LogP contribution in [0.3, 0.4) is 0 Å². The highest BCUT2D eigenvalue weighted by atomic mass is 19.1. The topological polar surface area (TPSA) is 104 Å². The van der Waals surface area contributed by atoms with Gasteiger partial charge in [-0.1, -0.05) is 0 Å². The molecule has 0 aliphatic carbocycles. The molecule has 0 radical (unpaired) electrons. The minimum Gasteiger partial charge on any atom is -0.472 e. The third-order valence-electron chi connectivity index (χ3n) is 3.22. The number of methoxy groups -OCH3 is 1. The van der Waals surface area contributed by atoms with Gasteiger partial charge in [0.05, 0.1) is 19.3 Å². The lowest BCUT2D eigenvalue weighted by Gasteiger charge is -2.19. The van der Waals surface area contributed by atoms with Crippen LogP contribution in [0.4, 0.5) is 10.3 Å². The van der Waals surface area contributed by atoms with Crippen LogP contribution in [-0.2, 0) is 9.47 Å². The third kappa shape index (κ3) is 6.22. The van der Waals surface area contributed by atoms with Gasteiger partial charge in [-0.25, -0.2) is 0 Å². The summed E-state index contributed by atoms with van der Waals surface area (Å²) in [5, 5.41) is 6.04. The summed E-state index contributed by atoms with van der Waals surface area (Å²) in [6.07, 6.45) is 0.234. The van der Waals surface area contributed by atoms with Crippen LogP contribution in [-0.4, -0.2) is 61.8 Å². The van der Waals surface area contributed by atoms with Crippen molar-refractivity contribution < 1.29 is 18.6 Å². The summed E-state index contributed by atoms with van der Waals surface area (Å²) < 4.78 is 29.7. The zero-order chi connectivity index (χ0) is 16.7. The number of nitrogens with two attached hydrogens (primary N) is 1. The Bertz CT molecular complexity index is 485. The Morgan fingerprint density at radius 3 is 2.96 bits per heavy atom. The Morgan fingerprint density at radius 2 is 2.30 bits per heavy atom. The van der Waals surface area contributed by atoms with Crippen LogP contribution in [0.1, 0.15) is 13.3 Å². The number of aromatic nitrogens is 2. The molecule has 9 heteroatoms. The fraction of sp³-hybridized carbons (Fsp3) is 0.714. The normalized spacial score (nSPS) is 20.3.